The minimum atomic E-state index is -0.333. The highest BCUT2D eigenvalue weighted by Gasteiger charge is 2.13. The van der Waals surface area contributed by atoms with Gasteiger partial charge in [-0.25, -0.2) is 9.97 Å². The molecule has 1 amide bonds. The second-order valence-corrected chi connectivity index (χ2v) is 3.15. The van der Waals surface area contributed by atoms with E-state index in [1.165, 1.54) is 29.6 Å². The smallest absolute Gasteiger partial charge is 0.261 e. The first kappa shape index (κ1) is 10.1. The third-order valence-corrected chi connectivity index (χ3v) is 2.05. The quantitative estimate of drug-likeness (QED) is 0.741. The van der Waals surface area contributed by atoms with E-state index in [-0.39, 0.29) is 5.91 Å². The molecule has 0 saturated carbocycles. The lowest BCUT2D eigenvalue weighted by molar-refractivity contribution is 0.102. The van der Waals surface area contributed by atoms with Crippen molar-refractivity contribution in [2.45, 2.75) is 0 Å². The van der Waals surface area contributed by atoms with Crippen molar-refractivity contribution in [1.29, 1.82) is 0 Å². The summed E-state index contributed by atoms with van der Waals surface area (Å²) in [6.07, 6.45) is 5.79. The fraction of sp³-hybridized carbons (Fsp3) is 0.111. The average molecular weight is 218 g/mol. The number of aryl methyl sites for hydroxylation is 1. The van der Waals surface area contributed by atoms with E-state index in [0.29, 0.717) is 17.1 Å². The molecule has 7 nitrogen and oxygen atoms in total. The summed E-state index contributed by atoms with van der Waals surface area (Å²) in [6.45, 7) is 0. The summed E-state index contributed by atoms with van der Waals surface area (Å²) in [6, 6.07) is 0. The van der Waals surface area contributed by atoms with Crippen LogP contribution in [0, 0.1) is 0 Å². The Hall–Kier alpha value is -2.44. The van der Waals surface area contributed by atoms with Gasteiger partial charge in [-0.05, 0) is 0 Å². The highest BCUT2D eigenvalue weighted by Crippen LogP contribution is 2.11. The number of amides is 1. The molecule has 3 N–H and O–H groups in total. The van der Waals surface area contributed by atoms with Crippen LogP contribution in [0.3, 0.4) is 0 Å². The molecule has 0 radical (unpaired) electrons. The van der Waals surface area contributed by atoms with Crippen molar-refractivity contribution in [2.75, 3.05) is 11.1 Å². The van der Waals surface area contributed by atoms with E-state index in [4.69, 9.17) is 5.73 Å². The molecule has 0 spiro atoms. The van der Waals surface area contributed by atoms with Gasteiger partial charge in [0, 0.05) is 7.05 Å². The molecule has 0 aromatic carbocycles. The number of nitrogen functional groups attached to an aromatic ring is 1. The number of rotatable bonds is 2. The van der Waals surface area contributed by atoms with Gasteiger partial charge in [0.1, 0.15) is 17.7 Å². The molecule has 2 heterocycles. The van der Waals surface area contributed by atoms with Crippen LogP contribution in [0.4, 0.5) is 11.5 Å². The van der Waals surface area contributed by atoms with Crippen molar-refractivity contribution in [3.8, 4) is 0 Å². The number of carbonyl (C=O) groups is 1. The molecule has 82 valence electrons. The van der Waals surface area contributed by atoms with Gasteiger partial charge in [0.2, 0.25) is 0 Å². The van der Waals surface area contributed by atoms with Gasteiger partial charge in [0.25, 0.3) is 5.91 Å². The Morgan fingerprint density at radius 3 is 2.62 bits per heavy atom. The summed E-state index contributed by atoms with van der Waals surface area (Å²) in [4.78, 5) is 19.3. The molecule has 0 aliphatic rings. The van der Waals surface area contributed by atoms with Crippen LogP contribution in [-0.4, -0.2) is 25.7 Å². The highest BCUT2D eigenvalue weighted by molar-refractivity contribution is 6.06. The van der Waals surface area contributed by atoms with E-state index in [1.54, 1.807) is 7.05 Å². The molecule has 2 aromatic heterocycles. The van der Waals surface area contributed by atoms with E-state index in [0.717, 1.165) is 0 Å². The zero-order valence-corrected chi connectivity index (χ0v) is 8.58. The fourth-order valence-electron chi connectivity index (χ4n) is 1.18. The van der Waals surface area contributed by atoms with Gasteiger partial charge < -0.3 is 11.1 Å². The Bertz CT molecular complexity index is 506. The number of hydrogen-bond acceptors (Lipinski definition) is 5. The Kier molecular flexibility index (Phi) is 2.50. The Morgan fingerprint density at radius 2 is 2.06 bits per heavy atom. The maximum atomic E-state index is 11.7. The number of nitrogens with one attached hydrogen (secondary N) is 1. The molecule has 2 aromatic rings. The molecule has 2 rings (SSSR count). The second kappa shape index (κ2) is 3.97. The van der Waals surface area contributed by atoms with Crippen molar-refractivity contribution in [3.63, 3.8) is 0 Å². The number of anilines is 2. The van der Waals surface area contributed by atoms with Gasteiger partial charge in [-0.1, -0.05) is 0 Å². The highest BCUT2D eigenvalue weighted by atomic mass is 16.1. The van der Waals surface area contributed by atoms with Crippen LogP contribution >= 0.6 is 0 Å². The predicted octanol–water partition coefficient (Wildman–Crippen LogP) is 0.0446. The molecular weight excluding hydrogens is 208 g/mol. The summed E-state index contributed by atoms with van der Waals surface area (Å²) in [5.41, 5.74) is 6.50. The van der Waals surface area contributed by atoms with Crippen LogP contribution in [0.2, 0.25) is 0 Å². The van der Waals surface area contributed by atoms with Gasteiger partial charge in [0.05, 0.1) is 24.3 Å². The van der Waals surface area contributed by atoms with Crippen LogP contribution < -0.4 is 11.1 Å². The first-order valence-corrected chi connectivity index (χ1v) is 4.52. The van der Waals surface area contributed by atoms with Crippen molar-refractivity contribution in [1.82, 2.24) is 19.7 Å². The largest absolute Gasteiger partial charge is 0.383 e. The van der Waals surface area contributed by atoms with E-state index in [9.17, 15) is 4.79 Å². The Labute approximate surface area is 91.3 Å². The summed E-state index contributed by atoms with van der Waals surface area (Å²) in [5, 5.41) is 6.49. The zero-order valence-electron chi connectivity index (χ0n) is 8.58. The number of aromatic nitrogens is 4. The first-order chi connectivity index (χ1) is 7.68. The number of nitrogens with zero attached hydrogens (tertiary/aromatic N) is 4. The lowest BCUT2D eigenvalue weighted by Gasteiger charge is -2.02. The average Bonchev–Trinajstić information content (AvgIpc) is 2.61. The molecule has 0 unspecified atom stereocenters. The van der Waals surface area contributed by atoms with Crippen molar-refractivity contribution >= 4 is 17.4 Å². The third-order valence-electron chi connectivity index (χ3n) is 2.05. The van der Waals surface area contributed by atoms with Crippen LogP contribution in [0.5, 0.6) is 0 Å². The number of nitrogens with two attached hydrogens (primary N) is 1. The van der Waals surface area contributed by atoms with Crippen molar-refractivity contribution in [2.24, 2.45) is 7.05 Å². The van der Waals surface area contributed by atoms with E-state index in [1.807, 2.05) is 0 Å². The van der Waals surface area contributed by atoms with Crippen molar-refractivity contribution in [3.05, 3.63) is 30.5 Å². The van der Waals surface area contributed by atoms with Gasteiger partial charge in [0.15, 0.2) is 0 Å². The summed E-state index contributed by atoms with van der Waals surface area (Å²) in [5.74, 6) is -0.0188. The van der Waals surface area contributed by atoms with E-state index < -0.39 is 0 Å². The van der Waals surface area contributed by atoms with Crippen LogP contribution in [-0.2, 0) is 7.05 Å². The lowest BCUT2D eigenvalue weighted by Crippen LogP contribution is -2.14. The van der Waals surface area contributed by atoms with Crippen molar-refractivity contribution < 1.29 is 4.79 Å². The molecule has 0 bridgehead atoms. The van der Waals surface area contributed by atoms with Gasteiger partial charge in [-0.2, -0.15) is 5.10 Å². The molecule has 0 aliphatic carbocycles. The summed E-state index contributed by atoms with van der Waals surface area (Å²) in [7, 11) is 1.66. The fourth-order valence-corrected chi connectivity index (χ4v) is 1.18. The first-order valence-electron chi connectivity index (χ1n) is 4.52. The molecule has 0 aliphatic heterocycles. The number of carbonyl (C=O) groups excluding carboxylic acids is 1. The van der Waals surface area contributed by atoms with Crippen LogP contribution in [0.25, 0.3) is 0 Å². The molecule has 0 atom stereocenters. The van der Waals surface area contributed by atoms with Gasteiger partial charge in [-0.3, -0.25) is 9.48 Å². The Morgan fingerprint density at radius 1 is 1.38 bits per heavy atom. The molecule has 0 saturated heterocycles. The normalized spacial score (nSPS) is 10.1. The van der Waals surface area contributed by atoms with Crippen LogP contribution in [0.1, 0.15) is 10.4 Å². The number of hydrogen-bond donors (Lipinski definition) is 2. The molecule has 0 fully saturated rings. The summed E-state index contributed by atoms with van der Waals surface area (Å²) < 4.78 is 1.43. The zero-order chi connectivity index (χ0) is 11.5. The summed E-state index contributed by atoms with van der Waals surface area (Å²) >= 11 is 0. The third kappa shape index (κ3) is 1.83. The predicted molar refractivity (Wildman–Crippen MR) is 57.6 cm³/mol. The lowest BCUT2D eigenvalue weighted by atomic mass is 10.3. The second-order valence-electron chi connectivity index (χ2n) is 3.15. The van der Waals surface area contributed by atoms with Gasteiger partial charge in [-0.15, -0.1) is 0 Å². The standard InChI is InChI=1S/C9H10N6O/c1-15-8(10)7(4-13-15)9(16)14-6-2-11-5-12-3-6/h2-5H,10H2,1H3,(H,14,16). The van der Waals surface area contributed by atoms with E-state index >= 15 is 0 Å². The Balaban J connectivity index is 2.18. The van der Waals surface area contributed by atoms with Gasteiger partial charge >= 0.3 is 0 Å². The molecule has 7 heteroatoms. The topological polar surface area (TPSA) is 98.7 Å². The minimum absolute atomic E-state index is 0.314. The molecular formula is C9H10N6O. The SMILES string of the molecule is Cn1ncc(C(=O)Nc2cncnc2)c1N. The molecule has 16 heavy (non-hydrogen) atoms. The monoisotopic (exact) mass is 218 g/mol. The minimum Gasteiger partial charge on any atom is -0.383 e. The maximum absolute atomic E-state index is 11.7. The van der Waals surface area contributed by atoms with Crippen LogP contribution in [0.15, 0.2) is 24.9 Å². The maximum Gasteiger partial charge on any atom is 0.261 e. The van der Waals surface area contributed by atoms with E-state index in [2.05, 4.69) is 20.4 Å².